The number of rotatable bonds is 4. The summed E-state index contributed by atoms with van der Waals surface area (Å²) in [5, 5.41) is 0. The third kappa shape index (κ3) is 3.15. The van der Waals surface area contributed by atoms with Crippen LogP contribution < -0.4 is 15.2 Å². The van der Waals surface area contributed by atoms with Gasteiger partial charge in [-0.25, -0.2) is 0 Å². The Balaban J connectivity index is 2.11. The lowest BCUT2D eigenvalue weighted by Crippen LogP contribution is -2.26. The zero-order chi connectivity index (χ0) is 13.0. The fourth-order valence-corrected chi connectivity index (χ4v) is 2.04. The van der Waals surface area contributed by atoms with Gasteiger partial charge in [0, 0.05) is 18.9 Å². The molecule has 1 fully saturated rings. The molecule has 1 unspecified atom stereocenters. The molecule has 18 heavy (non-hydrogen) atoms. The van der Waals surface area contributed by atoms with E-state index in [0.29, 0.717) is 0 Å². The zero-order valence-electron chi connectivity index (χ0n) is 11.0. The molecule has 0 amide bonds. The van der Waals surface area contributed by atoms with Crippen LogP contribution in [0.25, 0.3) is 0 Å². The lowest BCUT2D eigenvalue weighted by molar-refractivity contribution is 0.0245. The van der Waals surface area contributed by atoms with Crippen molar-refractivity contribution in [2.75, 3.05) is 20.3 Å². The van der Waals surface area contributed by atoms with Gasteiger partial charge in [0.05, 0.1) is 20.3 Å². The van der Waals surface area contributed by atoms with E-state index in [1.165, 1.54) is 0 Å². The minimum absolute atomic E-state index is 0.00368. The quantitative estimate of drug-likeness (QED) is 0.892. The Bertz CT molecular complexity index is 387. The van der Waals surface area contributed by atoms with E-state index in [4.69, 9.17) is 19.9 Å². The van der Waals surface area contributed by atoms with Crippen molar-refractivity contribution >= 4 is 0 Å². The summed E-state index contributed by atoms with van der Waals surface area (Å²) in [5.41, 5.74) is 6.91. The summed E-state index contributed by atoms with van der Waals surface area (Å²) >= 11 is 0. The topological polar surface area (TPSA) is 53.7 Å². The molecule has 0 spiro atoms. The van der Waals surface area contributed by atoms with Gasteiger partial charge in [0.1, 0.15) is 6.10 Å². The van der Waals surface area contributed by atoms with E-state index in [9.17, 15) is 0 Å². The van der Waals surface area contributed by atoms with Crippen LogP contribution in [0.4, 0.5) is 0 Å². The van der Waals surface area contributed by atoms with Crippen LogP contribution in [0.5, 0.6) is 11.5 Å². The maximum atomic E-state index is 5.97. The summed E-state index contributed by atoms with van der Waals surface area (Å²) in [5.74, 6) is 1.53. The Hall–Kier alpha value is -1.26. The van der Waals surface area contributed by atoms with Crippen LogP contribution in [0.1, 0.15) is 31.4 Å². The number of hydrogen-bond donors (Lipinski definition) is 1. The summed E-state index contributed by atoms with van der Waals surface area (Å²) in [4.78, 5) is 0. The van der Waals surface area contributed by atoms with Gasteiger partial charge >= 0.3 is 0 Å². The maximum absolute atomic E-state index is 5.97. The van der Waals surface area contributed by atoms with Gasteiger partial charge in [-0.05, 0) is 24.6 Å². The third-order valence-electron chi connectivity index (χ3n) is 3.18. The summed E-state index contributed by atoms with van der Waals surface area (Å²) in [6.45, 7) is 3.49. The van der Waals surface area contributed by atoms with Crippen molar-refractivity contribution in [1.29, 1.82) is 0 Å². The SMILES string of the molecule is COc1cc(C(C)N)ccc1OC1CCOCC1. The molecule has 1 atom stereocenters. The number of nitrogens with two attached hydrogens (primary N) is 1. The van der Waals surface area contributed by atoms with Gasteiger partial charge in [0.2, 0.25) is 0 Å². The lowest BCUT2D eigenvalue weighted by Gasteiger charge is -2.24. The average Bonchev–Trinajstić information content (AvgIpc) is 2.40. The first kappa shape index (κ1) is 13.2. The Morgan fingerprint density at radius 2 is 2.00 bits per heavy atom. The van der Waals surface area contributed by atoms with Gasteiger partial charge in [-0.2, -0.15) is 0 Å². The minimum atomic E-state index is -0.00368. The molecular weight excluding hydrogens is 230 g/mol. The average molecular weight is 251 g/mol. The first-order valence-corrected chi connectivity index (χ1v) is 6.38. The Morgan fingerprint density at radius 3 is 2.61 bits per heavy atom. The fraction of sp³-hybridized carbons (Fsp3) is 0.571. The molecule has 1 aromatic carbocycles. The Labute approximate surface area is 108 Å². The number of benzene rings is 1. The second kappa shape index (κ2) is 6.07. The summed E-state index contributed by atoms with van der Waals surface area (Å²) in [6, 6.07) is 5.87. The van der Waals surface area contributed by atoms with E-state index < -0.39 is 0 Å². The molecule has 1 aromatic rings. The summed E-state index contributed by atoms with van der Waals surface area (Å²) < 4.78 is 16.6. The van der Waals surface area contributed by atoms with Crippen LogP contribution in [-0.2, 0) is 4.74 Å². The van der Waals surface area contributed by atoms with E-state index >= 15 is 0 Å². The van der Waals surface area contributed by atoms with Crippen LogP contribution in [0, 0.1) is 0 Å². The molecule has 2 N–H and O–H groups in total. The van der Waals surface area contributed by atoms with Crippen LogP contribution in [0.2, 0.25) is 0 Å². The van der Waals surface area contributed by atoms with Gasteiger partial charge in [-0.1, -0.05) is 6.07 Å². The largest absolute Gasteiger partial charge is 0.493 e. The van der Waals surface area contributed by atoms with Crippen molar-refractivity contribution in [3.63, 3.8) is 0 Å². The minimum Gasteiger partial charge on any atom is -0.493 e. The van der Waals surface area contributed by atoms with Gasteiger partial charge in [0.25, 0.3) is 0 Å². The smallest absolute Gasteiger partial charge is 0.161 e. The first-order chi connectivity index (χ1) is 8.70. The molecular formula is C14H21NO3. The molecule has 100 valence electrons. The Morgan fingerprint density at radius 1 is 1.28 bits per heavy atom. The second-order valence-corrected chi connectivity index (χ2v) is 4.63. The monoisotopic (exact) mass is 251 g/mol. The molecule has 0 radical (unpaired) electrons. The highest BCUT2D eigenvalue weighted by molar-refractivity contribution is 5.43. The number of ether oxygens (including phenoxy) is 3. The van der Waals surface area contributed by atoms with Crippen molar-refractivity contribution < 1.29 is 14.2 Å². The van der Waals surface area contributed by atoms with Crippen molar-refractivity contribution in [3.05, 3.63) is 23.8 Å². The van der Waals surface area contributed by atoms with E-state index in [2.05, 4.69) is 0 Å². The van der Waals surface area contributed by atoms with Crippen LogP contribution >= 0.6 is 0 Å². The molecule has 0 saturated carbocycles. The molecule has 4 nitrogen and oxygen atoms in total. The summed E-state index contributed by atoms with van der Waals surface area (Å²) in [7, 11) is 1.65. The fourth-order valence-electron chi connectivity index (χ4n) is 2.04. The van der Waals surface area contributed by atoms with Gasteiger partial charge < -0.3 is 19.9 Å². The van der Waals surface area contributed by atoms with E-state index in [1.54, 1.807) is 7.11 Å². The molecule has 2 rings (SSSR count). The van der Waals surface area contributed by atoms with Crippen molar-refractivity contribution in [1.82, 2.24) is 0 Å². The number of methoxy groups -OCH3 is 1. The highest BCUT2D eigenvalue weighted by Gasteiger charge is 2.17. The molecule has 0 bridgehead atoms. The second-order valence-electron chi connectivity index (χ2n) is 4.63. The van der Waals surface area contributed by atoms with E-state index in [-0.39, 0.29) is 12.1 Å². The molecule has 0 aliphatic carbocycles. The highest BCUT2D eigenvalue weighted by Crippen LogP contribution is 2.31. The van der Waals surface area contributed by atoms with Crippen LogP contribution in [-0.4, -0.2) is 26.4 Å². The van der Waals surface area contributed by atoms with Crippen molar-refractivity contribution in [3.8, 4) is 11.5 Å². The van der Waals surface area contributed by atoms with Gasteiger partial charge in [-0.15, -0.1) is 0 Å². The Kier molecular flexibility index (Phi) is 4.44. The predicted molar refractivity (Wildman–Crippen MR) is 70.1 cm³/mol. The maximum Gasteiger partial charge on any atom is 0.161 e. The molecule has 0 aromatic heterocycles. The molecule has 4 heteroatoms. The summed E-state index contributed by atoms with van der Waals surface area (Å²) in [6.07, 6.45) is 2.07. The van der Waals surface area contributed by atoms with E-state index in [1.807, 2.05) is 25.1 Å². The van der Waals surface area contributed by atoms with Gasteiger partial charge in [0.15, 0.2) is 11.5 Å². The lowest BCUT2D eigenvalue weighted by atomic mass is 10.1. The van der Waals surface area contributed by atoms with Crippen molar-refractivity contribution in [2.24, 2.45) is 5.73 Å². The standard InChI is InChI=1S/C14H21NO3/c1-10(15)11-3-4-13(14(9-11)16-2)18-12-5-7-17-8-6-12/h3-4,9-10,12H,5-8,15H2,1-2H3. The normalized spacial score (nSPS) is 18.4. The molecule has 1 aliphatic rings. The third-order valence-corrected chi connectivity index (χ3v) is 3.18. The zero-order valence-corrected chi connectivity index (χ0v) is 11.0. The van der Waals surface area contributed by atoms with Crippen molar-refractivity contribution in [2.45, 2.75) is 31.9 Å². The number of hydrogen-bond acceptors (Lipinski definition) is 4. The van der Waals surface area contributed by atoms with Crippen LogP contribution in [0.3, 0.4) is 0 Å². The van der Waals surface area contributed by atoms with Gasteiger partial charge in [-0.3, -0.25) is 0 Å². The highest BCUT2D eigenvalue weighted by atomic mass is 16.5. The van der Waals surface area contributed by atoms with Crippen LogP contribution in [0.15, 0.2) is 18.2 Å². The van der Waals surface area contributed by atoms with E-state index in [0.717, 1.165) is 43.1 Å². The molecule has 1 aliphatic heterocycles. The molecule has 1 heterocycles. The predicted octanol–water partition coefficient (Wildman–Crippen LogP) is 2.27. The first-order valence-electron chi connectivity index (χ1n) is 6.38. The molecule has 1 saturated heterocycles.